The number of hydrogen-bond donors (Lipinski definition) is 2. The van der Waals surface area contributed by atoms with Crippen LogP contribution < -0.4 is 15.4 Å². The minimum absolute atomic E-state index is 0.250. The molecule has 2 aromatic carbocycles. The summed E-state index contributed by atoms with van der Waals surface area (Å²) in [5.41, 5.74) is 1.36. The first-order valence-corrected chi connectivity index (χ1v) is 7.86. The van der Waals surface area contributed by atoms with Gasteiger partial charge in [-0.1, -0.05) is 32.0 Å². The fourth-order valence-corrected chi connectivity index (χ4v) is 2.11. The van der Waals surface area contributed by atoms with Gasteiger partial charge in [0.15, 0.2) is 0 Å². The van der Waals surface area contributed by atoms with Gasteiger partial charge in [0.05, 0.1) is 17.9 Å². The van der Waals surface area contributed by atoms with Crippen LogP contribution in [0.5, 0.6) is 5.75 Å². The van der Waals surface area contributed by atoms with Gasteiger partial charge < -0.3 is 15.4 Å². The summed E-state index contributed by atoms with van der Waals surface area (Å²) in [6.07, 6.45) is 0. The largest absolute Gasteiger partial charge is 0.493 e. The summed E-state index contributed by atoms with van der Waals surface area (Å²) in [4.78, 5) is 24.3. The molecule has 0 radical (unpaired) electrons. The molecule has 2 amide bonds. The monoisotopic (exact) mass is 326 g/mol. The molecule has 0 spiro atoms. The summed E-state index contributed by atoms with van der Waals surface area (Å²) in [5, 5.41) is 5.34. The molecule has 0 bridgehead atoms. The summed E-state index contributed by atoms with van der Waals surface area (Å²) in [5.74, 6) is 0.513. The predicted molar refractivity (Wildman–Crippen MR) is 94.6 cm³/mol. The maximum absolute atomic E-state index is 12.5. The Kier molecular flexibility index (Phi) is 5.95. The zero-order valence-corrected chi connectivity index (χ0v) is 14.1. The average molecular weight is 326 g/mol. The number of para-hydroxylation sites is 1. The number of nitrogens with one attached hydrogen (secondary N) is 2. The number of anilines is 1. The van der Waals surface area contributed by atoms with Crippen molar-refractivity contribution in [3.8, 4) is 5.75 Å². The predicted octanol–water partition coefficient (Wildman–Crippen LogP) is 3.33. The molecule has 0 unspecified atom stereocenters. The highest BCUT2D eigenvalue weighted by molar-refractivity contribution is 6.09. The van der Waals surface area contributed by atoms with Crippen molar-refractivity contribution in [2.24, 2.45) is 5.92 Å². The van der Waals surface area contributed by atoms with Crippen molar-refractivity contribution in [1.29, 1.82) is 0 Å². The Hall–Kier alpha value is -2.82. The summed E-state index contributed by atoms with van der Waals surface area (Å²) >= 11 is 0. The van der Waals surface area contributed by atoms with E-state index in [0.29, 0.717) is 35.1 Å². The number of carbonyl (C=O) groups excluding carboxylic acids is 2. The van der Waals surface area contributed by atoms with E-state index in [1.54, 1.807) is 49.5 Å². The van der Waals surface area contributed by atoms with E-state index in [0.717, 1.165) is 0 Å². The van der Waals surface area contributed by atoms with E-state index in [-0.39, 0.29) is 11.8 Å². The molecule has 0 fully saturated rings. The molecule has 0 aromatic heterocycles. The average Bonchev–Trinajstić information content (AvgIpc) is 2.60. The van der Waals surface area contributed by atoms with Gasteiger partial charge in [0.1, 0.15) is 5.75 Å². The lowest BCUT2D eigenvalue weighted by molar-refractivity contribution is 0.0964. The fraction of sp³-hybridized carbons (Fsp3) is 0.263. The van der Waals surface area contributed by atoms with Crippen LogP contribution in [-0.2, 0) is 0 Å². The zero-order valence-electron chi connectivity index (χ0n) is 14.1. The van der Waals surface area contributed by atoms with Crippen molar-refractivity contribution in [2.45, 2.75) is 13.8 Å². The van der Waals surface area contributed by atoms with Gasteiger partial charge in [-0.05, 0) is 36.2 Å². The van der Waals surface area contributed by atoms with Crippen LogP contribution in [0.4, 0.5) is 5.69 Å². The molecular weight excluding hydrogens is 304 g/mol. The van der Waals surface area contributed by atoms with E-state index < -0.39 is 0 Å². The van der Waals surface area contributed by atoms with Crippen LogP contribution in [0.25, 0.3) is 0 Å². The first-order chi connectivity index (χ1) is 11.5. The highest BCUT2D eigenvalue weighted by Crippen LogP contribution is 2.18. The SMILES string of the molecule is CNC(=O)c1ccccc1NC(=O)c1cccc(OCC(C)C)c1. The van der Waals surface area contributed by atoms with Gasteiger partial charge in [0.2, 0.25) is 0 Å². The summed E-state index contributed by atoms with van der Waals surface area (Å²) in [6, 6.07) is 13.9. The first kappa shape index (κ1) is 17.5. The van der Waals surface area contributed by atoms with E-state index in [9.17, 15) is 9.59 Å². The topological polar surface area (TPSA) is 67.4 Å². The Morgan fingerprint density at radius 3 is 2.50 bits per heavy atom. The van der Waals surface area contributed by atoms with Crippen molar-refractivity contribution in [2.75, 3.05) is 19.0 Å². The highest BCUT2D eigenvalue weighted by Gasteiger charge is 2.13. The molecule has 0 heterocycles. The molecule has 0 saturated heterocycles. The van der Waals surface area contributed by atoms with E-state index >= 15 is 0 Å². The Labute approximate surface area is 142 Å². The second kappa shape index (κ2) is 8.15. The standard InChI is InChI=1S/C19H22N2O3/c1-13(2)12-24-15-8-6-7-14(11-15)18(22)21-17-10-5-4-9-16(17)19(23)20-3/h4-11,13H,12H2,1-3H3,(H,20,23)(H,21,22). The number of ether oxygens (including phenoxy) is 1. The maximum Gasteiger partial charge on any atom is 0.255 e. The lowest BCUT2D eigenvalue weighted by atomic mass is 10.1. The van der Waals surface area contributed by atoms with Crippen molar-refractivity contribution >= 4 is 17.5 Å². The van der Waals surface area contributed by atoms with E-state index in [1.165, 1.54) is 0 Å². The molecule has 2 aromatic rings. The smallest absolute Gasteiger partial charge is 0.255 e. The van der Waals surface area contributed by atoms with E-state index in [2.05, 4.69) is 24.5 Å². The second-order valence-electron chi connectivity index (χ2n) is 5.81. The van der Waals surface area contributed by atoms with Crippen molar-refractivity contribution < 1.29 is 14.3 Å². The molecule has 2 rings (SSSR count). The Morgan fingerprint density at radius 1 is 1.04 bits per heavy atom. The number of hydrogen-bond acceptors (Lipinski definition) is 3. The van der Waals surface area contributed by atoms with Gasteiger partial charge in [-0.25, -0.2) is 0 Å². The van der Waals surface area contributed by atoms with Gasteiger partial charge in [-0.15, -0.1) is 0 Å². The molecule has 2 N–H and O–H groups in total. The fourth-order valence-electron chi connectivity index (χ4n) is 2.11. The van der Waals surface area contributed by atoms with E-state index in [1.807, 2.05) is 6.07 Å². The lowest BCUT2D eigenvalue weighted by Gasteiger charge is -2.12. The third-order valence-corrected chi connectivity index (χ3v) is 3.33. The van der Waals surface area contributed by atoms with E-state index in [4.69, 9.17) is 4.74 Å². The van der Waals surface area contributed by atoms with Crippen LogP contribution in [-0.4, -0.2) is 25.5 Å². The van der Waals surface area contributed by atoms with Gasteiger partial charge in [0.25, 0.3) is 11.8 Å². The minimum Gasteiger partial charge on any atom is -0.493 e. The van der Waals surface area contributed by atoms with Gasteiger partial charge in [0, 0.05) is 12.6 Å². The van der Waals surface area contributed by atoms with Crippen LogP contribution in [0.3, 0.4) is 0 Å². The minimum atomic E-state index is -0.290. The van der Waals surface area contributed by atoms with Crippen LogP contribution in [0, 0.1) is 5.92 Å². The summed E-state index contributed by atoms with van der Waals surface area (Å²) in [6.45, 7) is 4.71. The third kappa shape index (κ3) is 4.59. The number of carbonyl (C=O) groups is 2. The molecule has 0 aliphatic heterocycles. The highest BCUT2D eigenvalue weighted by atomic mass is 16.5. The number of rotatable bonds is 6. The molecule has 24 heavy (non-hydrogen) atoms. The van der Waals surface area contributed by atoms with Crippen LogP contribution in [0.2, 0.25) is 0 Å². The van der Waals surface area contributed by atoms with Gasteiger partial charge >= 0.3 is 0 Å². The molecule has 0 aliphatic rings. The molecule has 5 heteroatoms. The van der Waals surface area contributed by atoms with Crippen LogP contribution >= 0.6 is 0 Å². The van der Waals surface area contributed by atoms with Crippen molar-refractivity contribution in [1.82, 2.24) is 5.32 Å². The summed E-state index contributed by atoms with van der Waals surface area (Å²) in [7, 11) is 1.55. The Morgan fingerprint density at radius 2 is 1.79 bits per heavy atom. The lowest BCUT2D eigenvalue weighted by Crippen LogP contribution is -2.21. The van der Waals surface area contributed by atoms with Crippen LogP contribution in [0.15, 0.2) is 48.5 Å². The zero-order chi connectivity index (χ0) is 17.5. The van der Waals surface area contributed by atoms with Crippen molar-refractivity contribution in [3.05, 3.63) is 59.7 Å². The normalized spacial score (nSPS) is 10.3. The maximum atomic E-state index is 12.5. The van der Waals surface area contributed by atoms with Crippen LogP contribution in [0.1, 0.15) is 34.6 Å². The number of benzene rings is 2. The second-order valence-corrected chi connectivity index (χ2v) is 5.81. The molecule has 126 valence electrons. The molecule has 0 atom stereocenters. The first-order valence-electron chi connectivity index (χ1n) is 7.86. The Balaban J connectivity index is 2.16. The molecule has 5 nitrogen and oxygen atoms in total. The quantitative estimate of drug-likeness (QED) is 0.855. The number of amides is 2. The molecule has 0 saturated carbocycles. The van der Waals surface area contributed by atoms with Crippen molar-refractivity contribution in [3.63, 3.8) is 0 Å². The molecular formula is C19H22N2O3. The summed E-state index contributed by atoms with van der Waals surface area (Å²) < 4.78 is 5.64. The van der Waals surface area contributed by atoms with Gasteiger partial charge in [-0.3, -0.25) is 9.59 Å². The van der Waals surface area contributed by atoms with Gasteiger partial charge in [-0.2, -0.15) is 0 Å². The Bertz CT molecular complexity index is 726. The third-order valence-electron chi connectivity index (χ3n) is 3.33. The molecule has 0 aliphatic carbocycles.